The van der Waals surface area contributed by atoms with Crippen LogP contribution in [0.25, 0.3) is 0 Å². The third-order valence-electron chi connectivity index (χ3n) is 3.93. The minimum atomic E-state index is -3.43. The van der Waals surface area contributed by atoms with Gasteiger partial charge in [0.1, 0.15) is 0 Å². The van der Waals surface area contributed by atoms with Crippen molar-refractivity contribution in [1.82, 2.24) is 4.31 Å². The summed E-state index contributed by atoms with van der Waals surface area (Å²) in [6, 6.07) is 6.32. The van der Waals surface area contributed by atoms with Gasteiger partial charge in [-0.25, -0.2) is 8.42 Å². The van der Waals surface area contributed by atoms with Gasteiger partial charge >= 0.3 is 0 Å². The van der Waals surface area contributed by atoms with Gasteiger partial charge in [0.05, 0.1) is 17.1 Å². The van der Waals surface area contributed by atoms with Gasteiger partial charge in [0, 0.05) is 18.1 Å². The van der Waals surface area contributed by atoms with Crippen molar-refractivity contribution in [2.24, 2.45) is 0 Å². The van der Waals surface area contributed by atoms with Gasteiger partial charge in [-0.15, -0.1) is 0 Å². The summed E-state index contributed by atoms with van der Waals surface area (Å²) in [5.74, 6) is 0. The third kappa shape index (κ3) is 2.40. The Morgan fingerprint density at radius 2 is 1.89 bits per heavy atom. The first kappa shape index (κ1) is 13.4. The summed E-state index contributed by atoms with van der Waals surface area (Å²) in [5, 5.41) is 0.538. The molecule has 0 radical (unpaired) electrons. The van der Waals surface area contributed by atoms with Crippen LogP contribution in [0.3, 0.4) is 0 Å². The Labute approximate surface area is 118 Å². The zero-order chi connectivity index (χ0) is 13.5. The van der Waals surface area contributed by atoms with Crippen LogP contribution in [0.5, 0.6) is 0 Å². The van der Waals surface area contributed by atoms with E-state index in [1.54, 1.807) is 28.6 Å². The van der Waals surface area contributed by atoms with Crippen LogP contribution in [0, 0.1) is 0 Å². The van der Waals surface area contributed by atoms with Crippen LogP contribution in [0.1, 0.15) is 19.3 Å². The van der Waals surface area contributed by atoms with Crippen molar-refractivity contribution >= 4 is 21.6 Å². The summed E-state index contributed by atoms with van der Waals surface area (Å²) < 4.78 is 32.4. The van der Waals surface area contributed by atoms with Gasteiger partial charge in [-0.3, -0.25) is 0 Å². The molecule has 3 rings (SSSR count). The predicted molar refractivity (Wildman–Crippen MR) is 72.7 cm³/mol. The molecule has 0 aromatic heterocycles. The van der Waals surface area contributed by atoms with Crippen molar-refractivity contribution < 1.29 is 13.2 Å². The number of hydrogen-bond donors (Lipinski definition) is 0. The molecule has 2 fully saturated rings. The Bertz CT molecular complexity index is 566. The van der Waals surface area contributed by atoms with Gasteiger partial charge in [-0.1, -0.05) is 11.6 Å². The summed E-state index contributed by atoms with van der Waals surface area (Å²) in [6.07, 6.45) is 3.04. The molecule has 0 bridgehead atoms. The largest absolute Gasteiger partial charge is 0.372 e. The molecular weight excluding hydrogens is 286 g/mol. The van der Waals surface area contributed by atoms with Gasteiger partial charge in [-0.2, -0.15) is 4.31 Å². The van der Waals surface area contributed by atoms with Gasteiger partial charge in [0.15, 0.2) is 0 Å². The molecule has 1 saturated carbocycles. The topological polar surface area (TPSA) is 46.6 Å². The second-order valence-electron chi connectivity index (χ2n) is 5.18. The number of halogens is 1. The Hall–Kier alpha value is -0.620. The molecule has 6 heteroatoms. The SMILES string of the molecule is O=S(=O)(c1ccc(Cl)cc1)N1CCOC2(CCC2)C1. The molecule has 19 heavy (non-hydrogen) atoms. The molecule has 1 aromatic carbocycles. The second kappa shape index (κ2) is 4.74. The molecule has 1 aliphatic heterocycles. The van der Waals surface area contributed by atoms with Crippen LogP contribution in [-0.2, 0) is 14.8 Å². The standard InChI is InChI=1S/C13H16ClNO3S/c14-11-2-4-12(5-3-11)19(16,17)15-8-9-18-13(10-15)6-1-7-13/h2-5H,1,6-10H2. The molecule has 104 valence electrons. The third-order valence-corrected chi connectivity index (χ3v) is 6.04. The van der Waals surface area contributed by atoms with E-state index in [9.17, 15) is 8.42 Å². The fraction of sp³-hybridized carbons (Fsp3) is 0.538. The fourth-order valence-corrected chi connectivity index (χ4v) is 4.27. The van der Waals surface area contributed by atoms with E-state index in [-0.39, 0.29) is 5.60 Å². The average Bonchev–Trinajstić information content (AvgIpc) is 2.37. The molecule has 1 aliphatic carbocycles. The Balaban J connectivity index is 1.85. The van der Waals surface area contributed by atoms with Crippen molar-refractivity contribution in [2.75, 3.05) is 19.7 Å². The van der Waals surface area contributed by atoms with Crippen molar-refractivity contribution in [2.45, 2.75) is 29.8 Å². The summed E-state index contributed by atoms with van der Waals surface area (Å²) in [7, 11) is -3.43. The predicted octanol–water partition coefficient (Wildman–Crippen LogP) is 2.28. The van der Waals surface area contributed by atoms with Crippen LogP contribution < -0.4 is 0 Å². The van der Waals surface area contributed by atoms with Crippen LogP contribution in [0.4, 0.5) is 0 Å². The molecule has 1 heterocycles. The highest BCUT2D eigenvalue weighted by Gasteiger charge is 2.45. The normalized spacial score (nSPS) is 23.2. The lowest BCUT2D eigenvalue weighted by molar-refractivity contribution is -0.135. The summed E-state index contributed by atoms with van der Waals surface area (Å²) >= 11 is 5.80. The number of morpholine rings is 1. The number of nitrogens with zero attached hydrogens (tertiary/aromatic N) is 1. The van der Waals surface area contributed by atoms with Gasteiger partial charge in [-0.05, 0) is 43.5 Å². The number of sulfonamides is 1. The van der Waals surface area contributed by atoms with Crippen molar-refractivity contribution in [1.29, 1.82) is 0 Å². The van der Waals surface area contributed by atoms with E-state index < -0.39 is 10.0 Å². The number of benzene rings is 1. The lowest BCUT2D eigenvalue weighted by Crippen LogP contribution is -2.56. The first-order valence-corrected chi connectivity index (χ1v) is 8.23. The Morgan fingerprint density at radius 3 is 2.47 bits per heavy atom. The zero-order valence-corrected chi connectivity index (χ0v) is 12.1. The molecule has 2 aliphatic rings. The maximum atomic E-state index is 12.6. The maximum absolute atomic E-state index is 12.6. The molecule has 1 spiro atoms. The minimum Gasteiger partial charge on any atom is -0.372 e. The Kier molecular flexibility index (Phi) is 3.33. The number of ether oxygens (including phenoxy) is 1. The molecule has 0 amide bonds. The number of hydrogen-bond acceptors (Lipinski definition) is 3. The first-order chi connectivity index (χ1) is 9.02. The molecule has 1 saturated heterocycles. The van der Waals surface area contributed by atoms with Gasteiger partial charge in [0.25, 0.3) is 0 Å². The highest BCUT2D eigenvalue weighted by Crippen LogP contribution is 2.39. The average molecular weight is 302 g/mol. The van der Waals surface area contributed by atoms with Crippen LogP contribution in [0.15, 0.2) is 29.2 Å². The molecule has 0 atom stereocenters. The van der Waals surface area contributed by atoms with Crippen LogP contribution in [0.2, 0.25) is 5.02 Å². The van der Waals surface area contributed by atoms with Gasteiger partial charge in [0.2, 0.25) is 10.0 Å². The molecule has 0 unspecified atom stereocenters. The number of rotatable bonds is 2. The van der Waals surface area contributed by atoms with Crippen LogP contribution >= 0.6 is 11.6 Å². The van der Waals surface area contributed by atoms with E-state index in [1.807, 2.05) is 0 Å². The molecule has 4 nitrogen and oxygen atoms in total. The van der Waals surface area contributed by atoms with E-state index in [2.05, 4.69) is 0 Å². The highest BCUT2D eigenvalue weighted by atomic mass is 35.5. The molecular formula is C13H16ClNO3S. The minimum absolute atomic E-state index is 0.224. The van der Waals surface area contributed by atoms with E-state index >= 15 is 0 Å². The zero-order valence-electron chi connectivity index (χ0n) is 10.5. The fourth-order valence-electron chi connectivity index (χ4n) is 2.64. The van der Waals surface area contributed by atoms with E-state index in [0.717, 1.165) is 19.3 Å². The van der Waals surface area contributed by atoms with E-state index in [0.29, 0.717) is 29.6 Å². The van der Waals surface area contributed by atoms with Crippen molar-refractivity contribution in [3.63, 3.8) is 0 Å². The maximum Gasteiger partial charge on any atom is 0.243 e. The smallest absolute Gasteiger partial charge is 0.243 e. The van der Waals surface area contributed by atoms with E-state index in [4.69, 9.17) is 16.3 Å². The molecule has 1 aromatic rings. The van der Waals surface area contributed by atoms with Crippen LogP contribution in [-0.4, -0.2) is 38.0 Å². The van der Waals surface area contributed by atoms with Gasteiger partial charge < -0.3 is 4.74 Å². The highest BCUT2D eigenvalue weighted by molar-refractivity contribution is 7.89. The summed E-state index contributed by atoms with van der Waals surface area (Å²) in [6.45, 7) is 1.37. The van der Waals surface area contributed by atoms with E-state index in [1.165, 1.54) is 0 Å². The molecule has 0 N–H and O–H groups in total. The van der Waals surface area contributed by atoms with Crippen molar-refractivity contribution in [3.05, 3.63) is 29.3 Å². The summed E-state index contributed by atoms with van der Waals surface area (Å²) in [4.78, 5) is 0.299. The lowest BCUT2D eigenvalue weighted by atomic mass is 9.79. The first-order valence-electron chi connectivity index (χ1n) is 6.42. The summed E-state index contributed by atoms with van der Waals surface area (Å²) in [5.41, 5.74) is -0.224. The second-order valence-corrected chi connectivity index (χ2v) is 7.55. The quantitative estimate of drug-likeness (QED) is 0.842. The van der Waals surface area contributed by atoms with Crippen molar-refractivity contribution in [3.8, 4) is 0 Å². The Morgan fingerprint density at radius 1 is 1.21 bits per heavy atom. The monoisotopic (exact) mass is 301 g/mol. The lowest BCUT2D eigenvalue weighted by Gasteiger charge is -2.47.